The monoisotopic (exact) mass is 348 g/mol. The standard InChI is InChI=1S/C16H20N4O3S/c1-10-11(2)18-20(3)15(10)17-16(21)12-5-4-6-14(9-12)24(22,23)19-13-7-8-13/h4-6,9,13,19H,7-8H2,1-3H3,(H,17,21). The Morgan fingerprint density at radius 2 is 2.00 bits per heavy atom. The van der Waals surface area contributed by atoms with Crippen LogP contribution in [0.4, 0.5) is 5.82 Å². The van der Waals surface area contributed by atoms with E-state index in [-0.39, 0.29) is 22.4 Å². The van der Waals surface area contributed by atoms with Crippen LogP contribution in [0.1, 0.15) is 34.5 Å². The molecule has 0 bridgehead atoms. The Morgan fingerprint density at radius 3 is 2.58 bits per heavy atom. The van der Waals surface area contributed by atoms with E-state index in [0.717, 1.165) is 24.1 Å². The number of amides is 1. The van der Waals surface area contributed by atoms with E-state index in [4.69, 9.17) is 0 Å². The first-order chi connectivity index (χ1) is 11.3. The average Bonchev–Trinajstić information content (AvgIpc) is 3.30. The van der Waals surface area contributed by atoms with E-state index >= 15 is 0 Å². The van der Waals surface area contributed by atoms with E-state index in [1.165, 1.54) is 12.1 Å². The highest BCUT2D eigenvalue weighted by molar-refractivity contribution is 7.89. The zero-order valence-corrected chi connectivity index (χ0v) is 14.6. The molecule has 1 amide bonds. The maximum atomic E-state index is 12.5. The van der Waals surface area contributed by atoms with Crippen LogP contribution < -0.4 is 10.0 Å². The minimum Gasteiger partial charge on any atom is -0.307 e. The third-order valence-electron chi connectivity index (χ3n) is 4.06. The summed E-state index contributed by atoms with van der Waals surface area (Å²) >= 11 is 0. The zero-order chi connectivity index (χ0) is 17.5. The van der Waals surface area contributed by atoms with Crippen LogP contribution in [-0.4, -0.2) is 30.1 Å². The number of nitrogens with zero attached hydrogens (tertiary/aromatic N) is 2. The van der Waals surface area contributed by atoms with Gasteiger partial charge < -0.3 is 5.32 Å². The Labute approximate surface area is 141 Å². The minimum absolute atomic E-state index is 0.0209. The lowest BCUT2D eigenvalue weighted by Gasteiger charge is -2.09. The summed E-state index contributed by atoms with van der Waals surface area (Å²) in [5.41, 5.74) is 2.00. The molecule has 8 heteroatoms. The second-order valence-electron chi connectivity index (χ2n) is 6.06. The number of anilines is 1. The van der Waals surface area contributed by atoms with Crippen LogP contribution in [0.15, 0.2) is 29.2 Å². The zero-order valence-electron chi connectivity index (χ0n) is 13.8. The Balaban J connectivity index is 1.84. The maximum Gasteiger partial charge on any atom is 0.256 e. The van der Waals surface area contributed by atoms with Crippen molar-refractivity contribution in [2.45, 2.75) is 37.6 Å². The van der Waals surface area contributed by atoms with Crippen LogP contribution in [0.5, 0.6) is 0 Å². The predicted octanol–water partition coefficient (Wildman–Crippen LogP) is 1.73. The molecule has 1 aromatic carbocycles. The van der Waals surface area contributed by atoms with Crippen molar-refractivity contribution < 1.29 is 13.2 Å². The average molecular weight is 348 g/mol. The van der Waals surface area contributed by atoms with Gasteiger partial charge in [-0.25, -0.2) is 13.1 Å². The van der Waals surface area contributed by atoms with Crippen LogP contribution in [0, 0.1) is 13.8 Å². The van der Waals surface area contributed by atoms with Crippen molar-refractivity contribution in [1.82, 2.24) is 14.5 Å². The summed E-state index contributed by atoms with van der Waals surface area (Å²) in [5, 5.41) is 7.04. The highest BCUT2D eigenvalue weighted by atomic mass is 32.2. The van der Waals surface area contributed by atoms with Gasteiger partial charge in [0.2, 0.25) is 10.0 Å². The topological polar surface area (TPSA) is 93.1 Å². The lowest BCUT2D eigenvalue weighted by Crippen LogP contribution is -2.26. The van der Waals surface area contributed by atoms with Gasteiger partial charge in [0.1, 0.15) is 5.82 Å². The van der Waals surface area contributed by atoms with Gasteiger partial charge >= 0.3 is 0 Å². The Hall–Kier alpha value is -2.19. The van der Waals surface area contributed by atoms with E-state index < -0.39 is 10.0 Å². The first-order valence-corrected chi connectivity index (χ1v) is 9.20. The maximum absolute atomic E-state index is 12.5. The molecule has 0 radical (unpaired) electrons. The normalized spacial score (nSPS) is 14.6. The highest BCUT2D eigenvalue weighted by Crippen LogP contribution is 2.23. The van der Waals surface area contributed by atoms with Crippen LogP contribution in [-0.2, 0) is 17.1 Å². The number of hydrogen-bond donors (Lipinski definition) is 2. The number of carbonyl (C=O) groups excluding carboxylic acids is 1. The van der Waals surface area contributed by atoms with Gasteiger partial charge in [0.15, 0.2) is 0 Å². The molecule has 128 valence electrons. The molecule has 1 aliphatic carbocycles. The molecule has 3 rings (SSSR count). The largest absolute Gasteiger partial charge is 0.307 e. The van der Waals surface area contributed by atoms with E-state index in [1.807, 2.05) is 13.8 Å². The van der Waals surface area contributed by atoms with Crippen LogP contribution in [0.3, 0.4) is 0 Å². The molecule has 0 unspecified atom stereocenters. The number of sulfonamides is 1. The van der Waals surface area contributed by atoms with Gasteiger partial charge in [-0.1, -0.05) is 6.07 Å². The van der Waals surface area contributed by atoms with Crippen molar-refractivity contribution in [3.05, 3.63) is 41.1 Å². The van der Waals surface area contributed by atoms with Gasteiger partial charge in [-0.3, -0.25) is 9.48 Å². The third-order valence-corrected chi connectivity index (χ3v) is 5.58. The minimum atomic E-state index is -3.59. The molecule has 1 fully saturated rings. The number of aromatic nitrogens is 2. The lowest BCUT2D eigenvalue weighted by atomic mass is 10.2. The second-order valence-corrected chi connectivity index (χ2v) is 7.77. The lowest BCUT2D eigenvalue weighted by molar-refractivity contribution is 0.102. The summed E-state index contributed by atoms with van der Waals surface area (Å²) in [5.74, 6) is 0.228. The van der Waals surface area contributed by atoms with Crippen molar-refractivity contribution in [3.63, 3.8) is 0 Å². The number of aryl methyl sites for hydroxylation is 2. The van der Waals surface area contributed by atoms with Crippen molar-refractivity contribution >= 4 is 21.7 Å². The van der Waals surface area contributed by atoms with Crippen molar-refractivity contribution in [1.29, 1.82) is 0 Å². The molecule has 2 N–H and O–H groups in total. The molecule has 1 aliphatic rings. The van der Waals surface area contributed by atoms with Gasteiger partial charge in [0.05, 0.1) is 10.6 Å². The van der Waals surface area contributed by atoms with E-state index in [1.54, 1.807) is 23.9 Å². The van der Waals surface area contributed by atoms with Crippen molar-refractivity contribution in [2.75, 3.05) is 5.32 Å². The Bertz CT molecular complexity index is 898. The van der Waals surface area contributed by atoms with E-state index in [2.05, 4.69) is 15.1 Å². The van der Waals surface area contributed by atoms with Gasteiger partial charge in [-0.15, -0.1) is 0 Å². The molecule has 7 nitrogen and oxygen atoms in total. The Kier molecular flexibility index (Phi) is 4.18. The first kappa shape index (κ1) is 16.7. The van der Waals surface area contributed by atoms with Gasteiger partial charge in [-0.05, 0) is 44.9 Å². The Morgan fingerprint density at radius 1 is 1.29 bits per heavy atom. The second kappa shape index (κ2) is 6.03. The van der Waals surface area contributed by atoms with Crippen molar-refractivity contribution in [2.24, 2.45) is 7.05 Å². The third kappa shape index (κ3) is 3.34. The van der Waals surface area contributed by atoms with Gasteiger partial charge in [0.25, 0.3) is 5.91 Å². The number of hydrogen-bond acceptors (Lipinski definition) is 4. The summed E-state index contributed by atoms with van der Waals surface area (Å²) in [7, 11) is -1.84. The summed E-state index contributed by atoms with van der Waals surface area (Å²) in [4.78, 5) is 12.6. The van der Waals surface area contributed by atoms with E-state index in [0.29, 0.717) is 5.82 Å². The van der Waals surface area contributed by atoms with Crippen molar-refractivity contribution in [3.8, 4) is 0 Å². The summed E-state index contributed by atoms with van der Waals surface area (Å²) in [6.07, 6.45) is 1.72. The number of carbonyl (C=O) groups is 1. The van der Waals surface area contributed by atoms with Gasteiger partial charge in [-0.2, -0.15) is 5.10 Å². The molecule has 0 spiro atoms. The molecule has 1 heterocycles. The molecule has 2 aromatic rings. The summed E-state index contributed by atoms with van der Waals surface area (Å²) in [6, 6.07) is 6.05. The van der Waals surface area contributed by atoms with Gasteiger partial charge in [0, 0.05) is 24.2 Å². The molecule has 1 saturated carbocycles. The summed E-state index contributed by atoms with van der Waals surface area (Å²) < 4.78 is 28.7. The SMILES string of the molecule is Cc1nn(C)c(NC(=O)c2cccc(S(=O)(=O)NC3CC3)c2)c1C. The fourth-order valence-corrected chi connectivity index (χ4v) is 3.76. The first-order valence-electron chi connectivity index (χ1n) is 7.72. The molecule has 0 atom stereocenters. The van der Waals surface area contributed by atoms with Crippen LogP contribution in [0.2, 0.25) is 0 Å². The highest BCUT2D eigenvalue weighted by Gasteiger charge is 2.28. The van der Waals surface area contributed by atoms with E-state index in [9.17, 15) is 13.2 Å². The molecular weight excluding hydrogens is 328 g/mol. The molecule has 0 saturated heterocycles. The fraction of sp³-hybridized carbons (Fsp3) is 0.375. The fourth-order valence-electron chi connectivity index (χ4n) is 2.41. The quantitative estimate of drug-likeness (QED) is 0.860. The predicted molar refractivity (Wildman–Crippen MR) is 90.4 cm³/mol. The summed E-state index contributed by atoms with van der Waals surface area (Å²) in [6.45, 7) is 3.74. The number of benzene rings is 1. The molecule has 24 heavy (non-hydrogen) atoms. The number of nitrogens with one attached hydrogen (secondary N) is 2. The molecule has 0 aliphatic heterocycles. The molecule has 1 aromatic heterocycles. The number of rotatable bonds is 5. The molecular formula is C16H20N4O3S. The van der Waals surface area contributed by atoms with Crippen LogP contribution >= 0.6 is 0 Å². The van der Waals surface area contributed by atoms with Crippen LogP contribution in [0.25, 0.3) is 0 Å². The smallest absolute Gasteiger partial charge is 0.256 e.